The smallest absolute Gasteiger partial charge is 0.290 e. The molecule has 0 saturated heterocycles. The zero-order valence-corrected chi connectivity index (χ0v) is 17.6. The van der Waals surface area contributed by atoms with E-state index in [1.807, 2.05) is 46.8 Å². The van der Waals surface area contributed by atoms with Crippen molar-refractivity contribution in [1.29, 1.82) is 0 Å². The van der Waals surface area contributed by atoms with Crippen LogP contribution in [0.3, 0.4) is 0 Å². The number of aryl methyl sites for hydroxylation is 4. The monoisotopic (exact) mass is 400 g/mol. The molecule has 2 aromatic carbocycles. The summed E-state index contributed by atoms with van der Waals surface area (Å²) in [5.41, 5.74) is 4.83. The van der Waals surface area contributed by atoms with Gasteiger partial charge in [-0.05, 0) is 80.6 Å². The van der Waals surface area contributed by atoms with Gasteiger partial charge >= 0.3 is 11.9 Å². The molecular formula is C23H28O6. The molecule has 0 spiro atoms. The lowest BCUT2D eigenvalue weighted by molar-refractivity contribution is -0.421. The maximum atomic E-state index is 12.2. The highest BCUT2D eigenvalue weighted by atomic mass is 17.3. The van der Waals surface area contributed by atoms with Crippen LogP contribution < -0.4 is 0 Å². The summed E-state index contributed by atoms with van der Waals surface area (Å²) in [5, 5.41) is 0. The van der Waals surface area contributed by atoms with Crippen molar-refractivity contribution in [3.05, 3.63) is 69.8 Å². The molecule has 0 aliphatic carbocycles. The van der Waals surface area contributed by atoms with Gasteiger partial charge in [0.05, 0.1) is 11.1 Å². The van der Waals surface area contributed by atoms with Crippen molar-refractivity contribution >= 4 is 11.9 Å². The first kappa shape index (κ1) is 22.6. The molecular weight excluding hydrogens is 372 g/mol. The number of benzene rings is 2. The number of rotatable bonds is 9. The van der Waals surface area contributed by atoms with Crippen molar-refractivity contribution in [2.75, 3.05) is 0 Å². The van der Waals surface area contributed by atoms with E-state index in [1.165, 1.54) is 0 Å². The van der Waals surface area contributed by atoms with Crippen molar-refractivity contribution in [1.82, 2.24) is 0 Å². The average Bonchev–Trinajstić information content (AvgIpc) is 2.71. The van der Waals surface area contributed by atoms with Crippen LogP contribution in [0, 0.1) is 27.7 Å². The summed E-state index contributed by atoms with van der Waals surface area (Å²) in [6.07, 6.45) is 1.00. The highest BCUT2D eigenvalue weighted by Crippen LogP contribution is 2.15. The summed E-state index contributed by atoms with van der Waals surface area (Å²) in [7, 11) is 0. The molecule has 0 aromatic heterocycles. The van der Waals surface area contributed by atoms with Gasteiger partial charge in [0.2, 0.25) is 6.29 Å². The second kappa shape index (κ2) is 10.7. The van der Waals surface area contributed by atoms with Crippen LogP contribution in [0.4, 0.5) is 0 Å². The van der Waals surface area contributed by atoms with Gasteiger partial charge in [0, 0.05) is 6.42 Å². The van der Waals surface area contributed by atoms with E-state index in [1.54, 1.807) is 24.3 Å². The SMILES string of the molecule is CCCCC(OOC(=O)c1ccc(C)c(C)c1)OOC(=O)c1ccc(C)c(C)c1. The largest absolute Gasteiger partial charge is 0.373 e. The molecule has 0 N–H and O–H groups in total. The molecule has 0 bridgehead atoms. The standard InChI is InChI=1S/C23H28O6/c1-6-7-8-21(26-28-22(24)19-11-9-15(2)17(4)13-19)27-29-23(25)20-12-10-16(3)18(5)14-20/h9-14,21H,6-8H2,1-5H3. The fourth-order valence-electron chi connectivity index (χ4n) is 2.51. The van der Waals surface area contributed by atoms with Crippen LogP contribution in [0.1, 0.15) is 69.2 Å². The van der Waals surface area contributed by atoms with Crippen molar-refractivity contribution < 1.29 is 29.1 Å². The van der Waals surface area contributed by atoms with E-state index < -0.39 is 18.2 Å². The molecule has 6 nitrogen and oxygen atoms in total. The maximum Gasteiger partial charge on any atom is 0.373 e. The molecule has 0 fully saturated rings. The molecule has 0 radical (unpaired) electrons. The summed E-state index contributed by atoms with van der Waals surface area (Å²) in [5.74, 6) is -1.28. The fourth-order valence-corrected chi connectivity index (χ4v) is 2.51. The van der Waals surface area contributed by atoms with E-state index in [0.717, 1.165) is 35.1 Å². The van der Waals surface area contributed by atoms with Gasteiger partial charge in [-0.25, -0.2) is 9.59 Å². The van der Waals surface area contributed by atoms with E-state index in [-0.39, 0.29) is 0 Å². The van der Waals surface area contributed by atoms with E-state index in [0.29, 0.717) is 17.5 Å². The summed E-state index contributed by atoms with van der Waals surface area (Å²) >= 11 is 0. The Morgan fingerprint density at radius 1 is 0.759 bits per heavy atom. The van der Waals surface area contributed by atoms with Crippen LogP contribution in [-0.2, 0) is 19.6 Å². The van der Waals surface area contributed by atoms with Gasteiger partial charge in [-0.15, -0.1) is 9.78 Å². The molecule has 2 aromatic rings. The Morgan fingerprint density at radius 2 is 1.21 bits per heavy atom. The van der Waals surface area contributed by atoms with Gasteiger partial charge in [-0.3, -0.25) is 9.78 Å². The fraction of sp³-hybridized carbons (Fsp3) is 0.391. The Kier molecular flexibility index (Phi) is 8.36. The molecule has 0 aliphatic rings. The minimum Gasteiger partial charge on any atom is -0.290 e. The number of carbonyl (C=O) groups is 2. The molecule has 0 atom stereocenters. The first-order chi connectivity index (χ1) is 13.8. The number of hydrogen-bond acceptors (Lipinski definition) is 6. The summed E-state index contributed by atoms with van der Waals surface area (Å²) < 4.78 is 0. The van der Waals surface area contributed by atoms with Crippen molar-refractivity contribution in [2.24, 2.45) is 0 Å². The molecule has 0 amide bonds. The normalized spacial score (nSPS) is 10.8. The van der Waals surface area contributed by atoms with Gasteiger partial charge in [0.25, 0.3) is 0 Å². The second-order valence-corrected chi connectivity index (χ2v) is 7.10. The predicted molar refractivity (Wildman–Crippen MR) is 108 cm³/mol. The van der Waals surface area contributed by atoms with E-state index in [4.69, 9.17) is 19.6 Å². The van der Waals surface area contributed by atoms with Gasteiger partial charge in [0.15, 0.2) is 0 Å². The van der Waals surface area contributed by atoms with E-state index >= 15 is 0 Å². The Bertz CT molecular complexity index is 791. The highest BCUT2D eigenvalue weighted by Gasteiger charge is 2.19. The molecule has 0 saturated carbocycles. The minimum atomic E-state index is -1.01. The van der Waals surface area contributed by atoms with Gasteiger partial charge in [-0.1, -0.05) is 25.5 Å². The predicted octanol–water partition coefficient (Wildman–Crippen LogP) is 5.31. The molecule has 0 heterocycles. The summed E-state index contributed by atoms with van der Waals surface area (Å²) in [6.45, 7) is 9.73. The highest BCUT2D eigenvalue weighted by molar-refractivity contribution is 5.89. The summed E-state index contributed by atoms with van der Waals surface area (Å²) in [4.78, 5) is 44.4. The van der Waals surface area contributed by atoms with Crippen LogP contribution in [0.25, 0.3) is 0 Å². The lowest BCUT2D eigenvalue weighted by Gasteiger charge is -2.15. The molecule has 0 aliphatic heterocycles. The first-order valence-corrected chi connectivity index (χ1v) is 9.71. The van der Waals surface area contributed by atoms with Crippen LogP contribution in [0.2, 0.25) is 0 Å². The third kappa shape index (κ3) is 6.69. The third-order valence-corrected chi connectivity index (χ3v) is 4.74. The Hall–Kier alpha value is -2.70. The molecule has 6 heteroatoms. The minimum absolute atomic E-state index is 0.370. The molecule has 29 heavy (non-hydrogen) atoms. The zero-order chi connectivity index (χ0) is 21.4. The maximum absolute atomic E-state index is 12.2. The molecule has 0 unspecified atom stereocenters. The van der Waals surface area contributed by atoms with E-state index in [9.17, 15) is 9.59 Å². The quantitative estimate of drug-likeness (QED) is 0.323. The van der Waals surface area contributed by atoms with Crippen molar-refractivity contribution in [2.45, 2.75) is 60.2 Å². The Balaban J connectivity index is 1.93. The van der Waals surface area contributed by atoms with Crippen LogP contribution in [-0.4, -0.2) is 18.2 Å². The Morgan fingerprint density at radius 3 is 1.59 bits per heavy atom. The average molecular weight is 400 g/mol. The van der Waals surface area contributed by atoms with Crippen molar-refractivity contribution in [3.8, 4) is 0 Å². The number of unbranched alkanes of at least 4 members (excludes halogenated alkanes) is 1. The number of hydrogen-bond donors (Lipinski definition) is 0. The van der Waals surface area contributed by atoms with Crippen LogP contribution in [0.15, 0.2) is 36.4 Å². The molecule has 2 rings (SSSR count). The van der Waals surface area contributed by atoms with E-state index in [2.05, 4.69) is 0 Å². The second-order valence-electron chi connectivity index (χ2n) is 7.10. The molecule has 156 valence electrons. The lowest BCUT2D eigenvalue weighted by atomic mass is 10.1. The van der Waals surface area contributed by atoms with Gasteiger partial charge in [-0.2, -0.15) is 0 Å². The third-order valence-electron chi connectivity index (χ3n) is 4.74. The van der Waals surface area contributed by atoms with Gasteiger partial charge < -0.3 is 0 Å². The van der Waals surface area contributed by atoms with Gasteiger partial charge in [0.1, 0.15) is 0 Å². The van der Waals surface area contributed by atoms with Crippen LogP contribution >= 0.6 is 0 Å². The Labute approximate surface area is 171 Å². The topological polar surface area (TPSA) is 71.1 Å². The number of carbonyl (C=O) groups excluding carboxylic acids is 2. The lowest BCUT2D eigenvalue weighted by Crippen LogP contribution is -2.22. The summed E-state index contributed by atoms with van der Waals surface area (Å²) in [6, 6.07) is 10.4. The first-order valence-electron chi connectivity index (χ1n) is 9.71. The zero-order valence-electron chi connectivity index (χ0n) is 17.6. The van der Waals surface area contributed by atoms with Crippen LogP contribution in [0.5, 0.6) is 0 Å². The van der Waals surface area contributed by atoms with Crippen molar-refractivity contribution in [3.63, 3.8) is 0 Å².